The number of pyridine rings is 1. The number of hydrogen-bond donors (Lipinski definition) is 2. The van der Waals surface area contributed by atoms with Gasteiger partial charge in [0.15, 0.2) is 5.96 Å². The second-order valence-corrected chi connectivity index (χ2v) is 6.40. The molecule has 2 N–H and O–H groups in total. The summed E-state index contributed by atoms with van der Waals surface area (Å²) in [6.45, 7) is 7.40. The van der Waals surface area contributed by atoms with E-state index in [2.05, 4.69) is 20.6 Å². The fourth-order valence-corrected chi connectivity index (χ4v) is 1.85. The van der Waals surface area contributed by atoms with E-state index in [-0.39, 0.29) is 6.09 Å². The molecular weight excluding hydrogens is 306 g/mol. The van der Waals surface area contributed by atoms with Gasteiger partial charge in [-0.15, -0.1) is 0 Å². The van der Waals surface area contributed by atoms with Gasteiger partial charge in [0.25, 0.3) is 0 Å². The average Bonchev–Trinajstić information content (AvgIpc) is 2.52. The SMILES string of the molecule is CN=C(NCCc1ccccn1)NCCN(C)C(=O)OC(C)(C)C. The number of aliphatic imine (C=N–C) groups is 1. The summed E-state index contributed by atoms with van der Waals surface area (Å²) in [7, 11) is 3.43. The summed E-state index contributed by atoms with van der Waals surface area (Å²) in [5.41, 5.74) is 0.548. The van der Waals surface area contributed by atoms with Crippen LogP contribution in [-0.2, 0) is 11.2 Å². The molecule has 0 bridgehead atoms. The van der Waals surface area contributed by atoms with E-state index in [0.29, 0.717) is 19.0 Å². The normalized spacial score (nSPS) is 11.8. The van der Waals surface area contributed by atoms with E-state index < -0.39 is 5.60 Å². The Balaban J connectivity index is 2.25. The van der Waals surface area contributed by atoms with Gasteiger partial charge < -0.3 is 20.3 Å². The third-order valence-corrected chi connectivity index (χ3v) is 3.07. The molecule has 1 rings (SSSR count). The molecule has 24 heavy (non-hydrogen) atoms. The smallest absolute Gasteiger partial charge is 0.410 e. The molecule has 0 radical (unpaired) electrons. The summed E-state index contributed by atoms with van der Waals surface area (Å²) >= 11 is 0. The Morgan fingerprint density at radius 1 is 1.29 bits per heavy atom. The van der Waals surface area contributed by atoms with Crippen LogP contribution in [0.25, 0.3) is 0 Å². The number of aromatic nitrogens is 1. The maximum absolute atomic E-state index is 11.9. The van der Waals surface area contributed by atoms with E-state index in [4.69, 9.17) is 4.74 Å². The quantitative estimate of drug-likeness (QED) is 0.610. The van der Waals surface area contributed by atoms with Crippen molar-refractivity contribution in [2.45, 2.75) is 32.8 Å². The number of guanidine groups is 1. The van der Waals surface area contributed by atoms with Crippen LogP contribution in [0.3, 0.4) is 0 Å². The second-order valence-electron chi connectivity index (χ2n) is 6.40. The number of carbonyl (C=O) groups excluding carboxylic acids is 1. The number of rotatable bonds is 6. The molecule has 0 aromatic carbocycles. The highest BCUT2D eigenvalue weighted by atomic mass is 16.6. The van der Waals surface area contributed by atoms with Gasteiger partial charge in [0, 0.05) is 52.0 Å². The Hall–Kier alpha value is -2.31. The van der Waals surface area contributed by atoms with Crippen LogP contribution in [0.2, 0.25) is 0 Å². The highest BCUT2D eigenvalue weighted by molar-refractivity contribution is 5.79. The molecule has 0 aliphatic heterocycles. The summed E-state index contributed by atoms with van der Waals surface area (Å²) in [5, 5.41) is 6.40. The van der Waals surface area contributed by atoms with Gasteiger partial charge in [-0.3, -0.25) is 9.98 Å². The first-order valence-corrected chi connectivity index (χ1v) is 8.10. The van der Waals surface area contributed by atoms with Gasteiger partial charge in [0.05, 0.1) is 0 Å². The van der Waals surface area contributed by atoms with Crippen molar-refractivity contribution in [1.82, 2.24) is 20.5 Å². The Morgan fingerprint density at radius 3 is 2.58 bits per heavy atom. The predicted molar refractivity (Wildman–Crippen MR) is 96.2 cm³/mol. The largest absolute Gasteiger partial charge is 0.444 e. The molecule has 1 aromatic heterocycles. The van der Waals surface area contributed by atoms with E-state index in [9.17, 15) is 4.79 Å². The lowest BCUT2D eigenvalue weighted by Crippen LogP contribution is -2.43. The van der Waals surface area contributed by atoms with Gasteiger partial charge in [-0.05, 0) is 32.9 Å². The number of nitrogens with one attached hydrogen (secondary N) is 2. The topological polar surface area (TPSA) is 78.9 Å². The van der Waals surface area contributed by atoms with E-state index in [1.807, 2.05) is 39.0 Å². The van der Waals surface area contributed by atoms with Crippen molar-refractivity contribution in [1.29, 1.82) is 0 Å². The van der Waals surface area contributed by atoms with Crippen LogP contribution >= 0.6 is 0 Å². The van der Waals surface area contributed by atoms with E-state index in [0.717, 1.165) is 18.7 Å². The lowest BCUT2D eigenvalue weighted by atomic mass is 10.2. The van der Waals surface area contributed by atoms with Crippen molar-refractivity contribution in [3.05, 3.63) is 30.1 Å². The van der Waals surface area contributed by atoms with Gasteiger partial charge in [-0.1, -0.05) is 6.07 Å². The van der Waals surface area contributed by atoms with E-state index in [1.54, 1.807) is 25.2 Å². The molecule has 0 saturated heterocycles. The molecular formula is C17H29N5O2. The molecule has 7 nitrogen and oxygen atoms in total. The van der Waals surface area contributed by atoms with Gasteiger partial charge in [0.1, 0.15) is 5.60 Å². The number of nitrogens with zero attached hydrogens (tertiary/aromatic N) is 3. The molecule has 0 fully saturated rings. The van der Waals surface area contributed by atoms with Crippen LogP contribution in [0.15, 0.2) is 29.4 Å². The minimum atomic E-state index is -0.484. The van der Waals surface area contributed by atoms with E-state index in [1.165, 1.54) is 0 Å². The van der Waals surface area contributed by atoms with Crippen molar-refractivity contribution < 1.29 is 9.53 Å². The first kappa shape index (κ1) is 19.7. The number of amides is 1. The van der Waals surface area contributed by atoms with Crippen molar-refractivity contribution in [2.75, 3.05) is 33.7 Å². The molecule has 1 amide bonds. The monoisotopic (exact) mass is 335 g/mol. The molecule has 1 heterocycles. The van der Waals surface area contributed by atoms with Crippen LogP contribution < -0.4 is 10.6 Å². The minimum Gasteiger partial charge on any atom is -0.444 e. The molecule has 7 heteroatoms. The van der Waals surface area contributed by atoms with Crippen molar-refractivity contribution >= 4 is 12.1 Å². The summed E-state index contributed by atoms with van der Waals surface area (Å²) in [4.78, 5) is 21.8. The third-order valence-electron chi connectivity index (χ3n) is 3.07. The first-order valence-electron chi connectivity index (χ1n) is 8.10. The van der Waals surface area contributed by atoms with E-state index >= 15 is 0 Å². The minimum absolute atomic E-state index is 0.331. The summed E-state index contributed by atoms with van der Waals surface area (Å²) in [6.07, 6.45) is 2.27. The van der Waals surface area contributed by atoms with Gasteiger partial charge in [0.2, 0.25) is 0 Å². The van der Waals surface area contributed by atoms with Crippen LogP contribution in [0.5, 0.6) is 0 Å². The molecule has 0 aliphatic carbocycles. The summed E-state index contributed by atoms with van der Waals surface area (Å²) < 4.78 is 5.30. The van der Waals surface area contributed by atoms with Crippen molar-refractivity contribution in [3.8, 4) is 0 Å². The zero-order chi connectivity index (χ0) is 18.0. The average molecular weight is 335 g/mol. The van der Waals surface area contributed by atoms with Crippen LogP contribution in [0, 0.1) is 0 Å². The highest BCUT2D eigenvalue weighted by Crippen LogP contribution is 2.08. The van der Waals surface area contributed by atoms with Gasteiger partial charge >= 0.3 is 6.09 Å². The first-order chi connectivity index (χ1) is 11.3. The zero-order valence-electron chi connectivity index (χ0n) is 15.3. The number of carbonyl (C=O) groups is 1. The fraction of sp³-hybridized carbons (Fsp3) is 0.588. The Bertz CT molecular complexity index is 526. The molecule has 0 aliphatic rings. The van der Waals surface area contributed by atoms with Gasteiger partial charge in [-0.25, -0.2) is 4.79 Å². The zero-order valence-corrected chi connectivity index (χ0v) is 15.3. The Labute approximate surface area is 144 Å². The van der Waals surface area contributed by atoms with Crippen LogP contribution in [-0.4, -0.2) is 61.3 Å². The Morgan fingerprint density at radius 2 is 2.00 bits per heavy atom. The molecule has 0 spiro atoms. The lowest BCUT2D eigenvalue weighted by molar-refractivity contribution is 0.0302. The lowest BCUT2D eigenvalue weighted by Gasteiger charge is -2.24. The maximum Gasteiger partial charge on any atom is 0.410 e. The number of likely N-dealkylation sites (N-methyl/N-ethyl adjacent to an activating group) is 1. The molecule has 1 aromatic rings. The summed E-state index contributed by atoms with van der Waals surface area (Å²) in [6, 6.07) is 5.87. The standard InChI is InChI=1S/C17H29N5O2/c1-17(2,3)24-16(23)22(5)13-12-21-15(18-4)20-11-9-14-8-6-7-10-19-14/h6-8,10H,9,11-13H2,1-5H3,(H2,18,20,21). The highest BCUT2D eigenvalue weighted by Gasteiger charge is 2.19. The predicted octanol–water partition coefficient (Wildman–Crippen LogP) is 1.66. The third kappa shape index (κ3) is 8.36. The van der Waals surface area contributed by atoms with Gasteiger partial charge in [-0.2, -0.15) is 0 Å². The Kier molecular flexibility index (Phi) is 8.01. The summed E-state index contributed by atoms with van der Waals surface area (Å²) in [5.74, 6) is 0.698. The maximum atomic E-state index is 11.9. The molecule has 134 valence electrons. The van der Waals surface area contributed by atoms with Crippen LogP contribution in [0.4, 0.5) is 4.79 Å². The number of hydrogen-bond acceptors (Lipinski definition) is 4. The fourth-order valence-electron chi connectivity index (χ4n) is 1.85. The second kappa shape index (κ2) is 9.75. The van der Waals surface area contributed by atoms with Crippen molar-refractivity contribution in [2.24, 2.45) is 4.99 Å². The molecule has 0 unspecified atom stereocenters. The van der Waals surface area contributed by atoms with Crippen LogP contribution in [0.1, 0.15) is 26.5 Å². The van der Waals surface area contributed by atoms with Crippen molar-refractivity contribution in [3.63, 3.8) is 0 Å². The number of ether oxygens (including phenoxy) is 1. The molecule has 0 saturated carbocycles. The molecule has 0 atom stereocenters.